The highest BCUT2D eigenvalue weighted by Crippen LogP contribution is 2.24. The Morgan fingerprint density at radius 1 is 1.38 bits per heavy atom. The molecule has 118 valence electrons. The largest absolute Gasteiger partial charge is 0.465 e. The van der Waals surface area contributed by atoms with Crippen LogP contribution in [0.1, 0.15) is 33.1 Å². The zero-order valence-corrected chi connectivity index (χ0v) is 13.1. The molecule has 3 nitrogen and oxygen atoms in total. The molecule has 0 saturated heterocycles. The molecule has 1 aromatic rings. The first-order chi connectivity index (χ1) is 9.86. The van der Waals surface area contributed by atoms with Crippen LogP contribution in [0, 0.1) is 11.6 Å². The Morgan fingerprint density at radius 2 is 2.10 bits per heavy atom. The van der Waals surface area contributed by atoms with Crippen LogP contribution in [0.2, 0.25) is 0 Å². The smallest absolute Gasteiger partial charge is 0.325 e. The average molecular weight is 317 g/mol. The van der Waals surface area contributed by atoms with Crippen molar-refractivity contribution in [3.8, 4) is 0 Å². The molecule has 0 saturated carbocycles. The predicted molar refractivity (Wildman–Crippen MR) is 80.2 cm³/mol. The van der Waals surface area contributed by atoms with Gasteiger partial charge in [-0.1, -0.05) is 6.42 Å². The molecular weight excluding hydrogens is 296 g/mol. The lowest BCUT2D eigenvalue weighted by molar-refractivity contribution is -0.149. The minimum atomic E-state index is -0.984. The topological polar surface area (TPSA) is 52.3 Å². The standard InChI is InChI=1S/C15H21F2NO2S/c1-3-20-14(19)15(2,18)8-4-5-9-21-13-7-6-11(16)10-12(13)17/h6-7,10H,3-5,8-9,18H2,1-2H3. The summed E-state index contributed by atoms with van der Waals surface area (Å²) in [5.41, 5.74) is 4.91. The molecule has 0 bridgehead atoms. The van der Waals surface area contributed by atoms with Crippen LogP contribution in [-0.2, 0) is 9.53 Å². The molecule has 0 heterocycles. The normalized spacial score (nSPS) is 13.8. The van der Waals surface area contributed by atoms with Crippen LogP contribution in [0.5, 0.6) is 0 Å². The van der Waals surface area contributed by atoms with Gasteiger partial charge in [-0.05, 0) is 44.6 Å². The van der Waals surface area contributed by atoms with Gasteiger partial charge < -0.3 is 10.5 Å². The van der Waals surface area contributed by atoms with Crippen LogP contribution in [0.25, 0.3) is 0 Å². The molecule has 0 aliphatic heterocycles. The number of carbonyl (C=O) groups excluding carboxylic acids is 1. The maximum absolute atomic E-state index is 13.4. The van der Waals surface area contributed by atoms with Crippen molar-refractivity contribution in [1.82, 2.24) is 0 Å². The summed E-state index contributed by atoms with van der Waals surface area (Å²) in [6, 6.07) is 3.55. The Kier molecular flexibility index (Phi) is 7.11. The monoisotopic (exact) mass is 317 g/mol. The molecule has 0 fully saturated rings. The fraction of sp³-hybridized carbons (Fsp3) is 0.533. The van der Waals surface area contributed by atoms with E-state index in [9.17, 15) is 13.6 Å². The number of carbonyl (C=O) groups is 1. The molecule has 0 radical (unpaired) electrons. The molecule has 21 heavy (non-hydrogen) atoms. The summed E-state index contributed by atoms with van der Waals surface area (Å²) in [5, 5.41) is 0. The number of halogens is 2. The summed E-state index contributed by atoms with van der Waals surface area (Å²) in [7, 11) is 0. The first-order valence-electron chi connectivity index (χ1n) is 6.91. The molecule has 0 spiro atoms. The summed E-state index contributed by atoms with van der Waals surface area (Å²) < 4.78 is 31.1. The van der Waals surface area contributed by atoms with E-state index in [0.717, 1.165) is 18.9 Å². The molecule has 1 aromatic carbocycles. The van der Waals surface area contributed by atoms with Crippen molar-refractivity contribution in [2.75, 3.05) is 12.4 Å². The fourth-order valence-corrected chi connectivity index (χ4v) is 2.70. The summed E-state index contributed by atoms with van der Waals surface area (Å²) in [6.07, 6.45) is 2.04. The van der Waals surface area contributed by atoms with Crippen molar-refractivity contribution in [2.24, 2.45) is 5.73 Å². The molecule has 0 aliphatic rings. The third-order valence-electron chi connectivity index (χ3n) is 2.98. The highest BCUT2D eigenvalue weighted by atomic mass is 32.2. The first kappa shape index (κ1) is 17.9. The van der Waals surface area contributed by atoms with Gasteiger partial charge >= 0.3 is 5.97 Å². The SMILES string of the molecule is CCOC(=O)C(C)(N)CCCCSc1ccc(F)cc1F. The number of thioether (sulfide) groups is 1. The number of benzene rings is 1. The molecular formula is C15H21F2NO2S. The minimum Gasteiger partial charge on any atom is -0.465 e. The zero-order chi connectivity index (χ0) is 15.9. The highest BCUT2D eigenvalue weighted by Gasteiger charge is 2.28. The van der Waals surface area contributed by atoms with Crippen molar-refractivity contribution >= 4 is 17.7 Å². The number of esters is 1. The first-order valence-corrected chi connectivity index (χ1v) is 7.89. The van der Waals surface area contributed by atoms with Gasteiger partial charge in [0.25, 0.3) is 0 Å². The second-order valence-electron chi connectivity index (χ2n) is 5.02. The fourth-order valence-electron chi connectivity index (χ4n) is 1.77. The van der Waals surface area contributed by atoms with E-state index in [2.05, 4.69) is 0 Å². The van der Waals surface area contributed by atoms with Crippen LogP contribution in [0.3, 0.4) is 0 Å². The van der Waals surface area contributed by atoms with Crippen molar-refractivity contribution < 1.29 is 18.3 Å². The lowest BCUT2D eigenvalue weighted by Crippen LogP contribution is -2.46. The van der Waals surface area contributed by atoms with Gasteiger partial charge in [-0.2, -0.15) is 0 Å². The summed E-state index contributed by atoms with van der Waals surface area (Å²) in [5.74, 6) is -0.843. The third-order valence-corrected chi connectivity index (χ3v) is 4.12. The van der Waals surface area contributed by atoms with Gasteiger partial charge in [0.05, 0.1) is 6.61 Å². The molecule has 1 unspecified atom stereocenters. The van der Waals surface area contributed by atoms with Gasteiger partial charge in [0, 0.05) is 11.0 Å². The Hall–Kier alpha value is -1.14. The van der Waals surface area contributed by atoms with Crippen LogP contribution in [0.15, 0.2) is 23.1 Å². The number of unbranched alkanes of at least 4 members (excludes halogenated alkanes) is 1. The maximum Gasteiger partial charge on any atom is 0.325 e. The lowest BCUT2D eigenvalue weighted by atomic mass is 9.96. The van der Waals surface area contributed by atoms with Crippen LogP contribution < -0.4 is 5.73 Å². The Balaban J connectivity index is 2.30. The number of nitrogens with two attached hydrogens (primary N) is 1. The van der Waals surface area contributed by atoms with Gasteiger partial charge in [-0.3, -0.25) is 4.79 Å². The van der Waals surface area contributed by atoms with Gasteiger partial charge in [-0.25, -0.2) is 8.78 Å². The molecule has 1 atom stereocenters. The van der Waals surface area contributed by atoms with E-state index < -0.39 is 23.1 Å². The Labute approximate surface area is 128 Å². The average Bonchev–Trinajstić information content (AvgIpc) is 2.40. The van der Waals surface area contributed by atoms with Crippen LogP contribution in [-0.4, -0.2) is 23.9 Å². The van der Waals surface area contributed by atoms with Gasteiger partial charge in [-0.15, -0.1) is 11.8 Å². The number of ether oxygens (including phenoxy) is 1. The van der Waals surface area contributed by atoms with Crippen LogP contribution in [0.4, 0.5) is 8.78 Å². The molecule has 2 N–H and O–H groups in total. The number of rotatable bonds is 8. The third kappa shape index (κ3) is 6.01. The van der Waals surface area contributed by atoms with E-state index in [1.54, 1.807) is 13.8 Å². The molecule has 0 amide bonds. The second-order valence-corrected chi connectivity index (χ2v) is 6.15. The Bertz CT molecular complexity index is 481. The summed E-state index contributed by atoms with van der Waals surface area (Å²) in [4.78, 5) is 12.0. The van der Waals surface area contributed by atoms with E-state index in [4.69, 9.17) is 10.5 Å². The van der Waals surface area contributed by atoms with E-state index in [0.29, 0.717) is 23.7 Å². The summed E-state index contributed by atoms with van der Waals surface area (Å²) >= 11 is 1.33. The van der Waals surface area contributed by atoms with Gasteiger partial charge in [0.15, 0.2) is 0 Å². The Morgan fingerprint density at radius 3 is 2.71 bits per heavy atom. The van der Waals surface area contributed by atoms with Crippen molar-refractivity contribution in [3.05, 3.63) is 29.8 Å². The van der Waals surface area contributed by atoms with Crippen molar-refractivity contribution in [1.29, 1.82) is 0 Å². The predicted octanol–water partition coefficient (Wildman–Crippen LogP) is 3.51. The van der Waals surface area contributed by atoms with E-state index in [-0.39, 0.29) is 0 Å². The quantitative estimate of drug-likeness (QED) is 0.453. The van der Waals surface area contributed by atoms with Crippen LogP contribution >= 0.6 is 11.8 Å². The number of hydrogen-bond acceptors (Lipinski definition) is 4. The van der Waals surface area contributed by atoms with Crippen molar-refractivity contribution in [2.45, 2.75) is 43.5 Å². The molecule has 0 aliphatic carbocycles. The minimum absolute atomic E-state index is 0.311. The summed E-state index contributed by atoms with van der Waals surface area (Å²) in [6.45, 7) is 3.70. The van der Waals surface area contributed by atoms with Gasteiger partial charge in [0.1, 0.15) is 17.2 Å². The molecule has 1 rings (SSSR count). The lowest BCUT2D eigenvalue weighted by Gasteiger charge is -2.21. The van der Waals surface area contributed by atoms with Gasteiger partial charge in [0.2, 0.25) is 0 Å². The van der Waals surface area contributed by atoms with E-state index in [1.807, 2.05) is 0 Å². The zero-order valence-electron chi connectivity index (χ0n) is 12.3. The van der Waals surface area contributed by atoms with E-state index in [1.165, 1.54) is 23.9 Å². The second kappa shape index (κ2) is 8.34. The molecule has 6 heteroatoms. The van der Waals surface area contributed by atoms with E-state index >= 15 is 0 Å². The molecule has 0 aromatic heterocycles. The van der Waals surface area contributed by atoms with Crippen molar-refractivity contribution in [3.63, 3.8) is 0 Å². The number of hydrogen-bond donors (Lipinski definition) is 1. The highest BCUT2D eigenvalue weighted by molar-refractivity contribution is 7.99. The maximum atomic E-state index is 13.4.